The first-order valence-corrected chi connectivity index (χ1v) is 11.6. The minimum atomic E-state index is -1.18. The summed E-state index contributed by atoms with van der Waals surface area (Å²) in [5.74, 6) is -0.129. The van der Waals surface area contributed by atoms with E-state index in [0.29, 0.717) is 22.0 Å². The van der Waals surface area contributed by atoms with Gasteiger partial charge in [0.1, 0.15) is 5.84 Å². The maximum absolute atomic E-state index is 13.2. The smallest absolute Gasteiger partial charge is 0.263 e. The summed E-state index contributed by atoms with van der Waals surface area (Å²) >= 11 is 12.3. The average molecular weight is 499 g/mol. The number of nitrogen functional groups attached to an aromatic ring is 1. The van der Waals surface area contributed by atoms with Crippen molar-refractivity contribution in [3.05, 3.63) is 93.6 Å². The van der Waals surface area contributed by atoms with Crippen molar-refractivity contribution < 1.29 is 9.53 Å². The van der Waals surface area contributed by atoms with E-state index in [1.54, 1.807) is 26.0 Å². The van der Waals surface area contributed by atoms with E-state index in [1.165, 1.54) is 6.20 Å². The Hall–Kier alpha value is -3.09. The molecule has 0 radical (unpaired) electrons. The lowest BCUT2D eigenvalue weighted by molar-refractivity contribution is -0.135. The Kier molecular flexibility index (Phi) is 8.18. The van der Waals surface area contributed by atoms with Crippen molar-refractivity contribution in [2.75, 3.05) is 0 Å². The van der Waals surface area contributed by atoms with E-state index in [9.17, 15) is 4.79 Å². The van der Waals surface area contributed by atoms with Crippen molar-refractivity contribution >= 4 is 34.9 Å². The van der Waals surface area contributed by atoms with E-state index in [2.05, 4.69) is 10.3 Å². The number of amidine groups is 1. The molecule has 6 nitrogen and oxygen atoms in total. The molecule has 8 heteroatoms. The van der Waals surface area contributed by atoms with E-state index in [1.807, 2.05) is 55.5 Å². The summed E-state index contributed by atoms with van der Waals surface area (Å²) in [7, 11) is 0. The van der Waals surface area contributed by atoms with E-state index in [0.717, 1.165) is 11.1 Å². The van der Waals surface area contributed by atoms with Gasteiger partial charge in [-0.15, -0.1) is 0 Å². The van der Waals surface area contributed by atoms with Gasteiger partial charge in [0.25, 0.3) is 5.91 Å². The fourth-order valence-corrected chi connectivity index (χ4v) is 3.91. The highest BCUT2D eigenvalue weighted by Crippen LogP contribution is 2.28. The third-order valence-electron chi connectivity index (χ3n) is 5.56. The van der Waals surface area contributed by atoms with Gasteiger partial charge in [-0.1, -0.05) is 47.5 Å². The largest absolute Gasteiger partial charge is 0.462 e. The summed E-state index contributed by atoms with van der Waals surface area (Å²) in [5, 5.41) is 11.9. The molecule has 0 saturated carbocycles. The second-order valence-electron chi connectivity index (χ2n) is 8.67. The number of pyridine rings is 1. The van der Waals surface area contributed by atoms with Gasteiger partial charge in [0.05, 0.1) is 0 Å². The molecule has 3 rings (SSSR count). The third-order valence-corrected chi connectivity index (χ3v) is 6.05. The van der Waals surface area contributed by atoms with E-state index in [4.69, 9.17) is 39.1 Å². The zero-order chi connectivity index (χ0) is 24.9. The zero-order valence-corrected chi connectivity index (χ0v) is 20.8. The number of amides is 1. The molecule has 34 heavy (non-hydrogen) atoms. The van der Waals surface area contributed by atoms with Gasteiger partial charge in [0, 0.05) is 39.8 Å². The second-order valence-corrected chi connectivity index (χ2v) is 9.54. The third kappa shape index (κ3) is 6.72. The first-order valence-electron chi connectivity index (χ1n) is 10.9. The highest BCUT2D eigenvalue weighted by atomic mass is 35.5. The maximum atomic E-state index is 13.2. The van der Waals surface area contributed by atoms with Crippen LogP contribution in [0.3, 0.4) is 0 Å². The molecule has 1 amide bonds. The topological polar surface area (TPSA) is 101 Å². The number of rotatable bonds is 9. The Morgan fingerprint density at radius 1 is 1.12 bits per heavy atom. The minimum absolute atomic E-state index is 0.0346. The molecule has 2 atom stereocenters. The van der Waals surface area contributed by atoms with Crippen LogP contribution in [0.15, 0.2) is 66.9 Å². The molecule has 178 valence electrons. The molecule has 2 aromatic carbocycles. The van der Waals surface area contributed by atoms with E-state index in [-0.39, 0.29) is 29.6 Å². The second kappa shape index (κ2) is 10.9. The standard InChI is InChI=1S/C26H28Cl2N4O2/c1-16(32-25(33)26(2,3)34-23-12-9-19(15-31-23)24(29)30)22(18-5-4-6-21(28)14-18)13-17-7-10-20(27)11-8-17/h4-12,14-16,22H,13H2,1-3H3,(H3,29,30)(H,32,33). The molecule has 0 aliphatic heterocycles. The van der Waals surface area contributed by atoms with Crippen molar-refractivity contribution in [3.8, 4) is 5.88 Å². The lowest BCUT2D eigenvalue weighted by Gasteiger charge is -2.30. The quantitative estimate of drug-likeness (QED) is 0.273. The summed E-state index contributed by atoms with van der Waals surface area (Å²) in [4.78, 5) is 17.3. The number of nitrogens with zero attached hydrogens (tertiary/aromatic N) is 1. The molecule has 0 spiro atoms. The Morgan fingerprint density at radius 3 is 2.41 bits per heavy atom. The van der Waals surface area contributed by atoms with Crippen molar-refractivity contribution in [3.63, 3.8) is 0 Å². The van der Waals surface area contributed by atoms with Gasteiger partial charge in [0.15, 0.2) is 5.60 Å². The molecule has 3 aromatic rings. The Bertz CT molecular complexity index is 1150. The highest BCUT2D eigenvalue weighted by molar-refractivity contribution is 6.30. The summed E-state index contributed by atoms with van der Waals surface area (Å²) in [5.41, 5.74) is 6.89. The van der Waals surface area contributed by atoms with Crippen molar-refractivity contribution in [2.45, 2.75) is 44.8 Å². The van der Waals surface area contributed by atoms with Crippen molar-refractivity contribution in [1.82, 2.24) is 10.3 Å². The SMILES string of the molecule is CC(NC(=O)C(C)(C)Oc1ccc(C(=N)N)cn1)C(Cc1ccc(Cl)cc1)c1cccc(Cl)c1. The summed E-state index contributed by atoms with van der Waals surface area (Å²) in [6.07, 6.45) is 2.13. The molecular weight excluding hydrogens is 471 g/mol. The van der Waals surface area contributed by atoms with Crippen LogP contribution in [0, 0.1) is 5.41 Å². The van der Waals surface area contributed by atoms with Crippen LogP contribution in [0.1, 0.15) is 43.4 Å². The Labute approximate surface area is 210 Å². The molecular formula is C26H28Cl2N4O2. The van der Waals surface area contributed by atoms with Gasteiger partial charge in [-0.05, 0) is 68.7 Å². The molecule has 0 bridgehead atoms. The molecule has 0 aliphatic rings. The number of hydrogen-bond acceptors (Lipinski definition) is 4. The fraction of sp³-hybridized carbons (Fsp3) is 0.269. The lowest BCUT2D eigenvalue weighted by atomic mass is 9.86. The van der Waals surface area contributed by atoms with Crippen molar-refractivity contribution in [1.29, 1.82) is 5.41 Å². The number of nitrogens with two attached hydrogens (primary N) is 1. The molecule has 1 heterocycles. The number of halogens is 2. The van der Waals surface area contributed by atoms with Crippen LogP contribution >= 0.6 is 23.2 Å². The number of hydrogen-bond donors (Lipinski definition) is 3. The first kappa shape index (κ1) is 25.5. The number of carbonyl (C=O) groups excluding carboxylic acids is 1. The van der Waals surface area contributed by atoms with Gasteiger partial charge >= 0.3 is 0 Å². The molecule has 4 N–H and O–H groups in total. The fourth-order valence-electron chi connectivity index (χ4n) is 3.58. The van der Waals surface area contributed by atoms with Gasteiger partial charge in [-0.2, -0.15) is 0 Å². The predicted molar refractivity (Wildman–Crippen MR) is 137 cm³/mol. The Balaban J connectivity index is 1.77. The van der Waals surface area contributed by atoms with Gasteiger partial charge < -0.3 is 15.8 Å². The summed E-state index contributed by atoms with van der Waals surface area (Å²) in [6.45, 7) is 5.34. The monoisotopic (exact) mass is 498 g/mol. The van der Waals surface area contributed by atoms with E-state index < -0.39 is 5.60 Å². The molecule has 0 fully saturated rings. The molecule has 2 unspecified atom stereocenters. The molecule has 0 saturated heterocycles. The zero-order valence-electron chi connectivity index (χ0n) is 19.3. The average Bonchev–Trinajstić information content (AvgIpc) is 2.78. The number of ether oxygens (including phenoxy) is 1. The number of benzene rings is 2. The van der Waals surface area contributed by atoms with Crippen LogP contribution in [0.5, 0.6) is 5.88 Å². The normalized spacial score (nSPS) is 13.1. The summed E-state index contributed by atoms with van der Waals surface area (Å²) < 4.78 is 5.87. The lowest BCUT2D eigenvalue weighted by Crippen LogP contribution is -2.51. The number of nitrogens with one attached hydrogen (secondary N) is 2. The maximum Gasteiger partial charge on any atom is 0.263 e. The Morgan fingerprint density at radius 2 is 1.82 bits per heavy atom. The molecule has 1 aromatic heterocycles. The van der Waals surface area contributed by atoms with Crippen LogP contribution < -0.4 is 15.8 Å². The summed E-state index contributed by atoms with van der Waals surface area (Å²) in [6, 6.07) is 18.3. The van der Waals surface area contributed by atoms with E-state index >= 15 is 0 Å². The van der Waals surface area contributed by atoms with Crippen LogP contribution in [-0.2, 0) is 11.2 Å². The number of aromatic nitrogens is 1. The van der Waals surface area contributed by atoms with Crippen LogP contribution in [0.2, 0.25) is 10.0 Å². The highest BCUT2D eigenvalue weighted by Gasteiger charge is 2.33. The predicted octanol–water partition coefficient (Wildman–Crippen LogP) is 5.36. The van der Waals surface area contributed by atoms with Gasteiger partial charge in [0.2, 0.25) is 5.88 Å². The number of carbonyl (C=O) groups is 1. The van der Waals surface area contributed by atoms with Gasteiger partial charge in [-0.3, -0.25) is 10.2 Å². The van der Waals surface area contributed by atoms with Gasteiger partial charge in [-0.25, -0.2) is 4.98 Å². The van der Waals surface area contributed by atoms with Crippen LogP contribution in [0.25, 0.3) is 0 Å². The van der Waals surface area contributed by atoms with Crippen molar-refractivity contribution in [2.24, 2.45) is 5.73 Å². The van der Waals surface area contributed by atoms with Crippen LogP contribution in [0.4, 0.5) is 0 Å². The minimum Gasteiger partial charge on any atom is -0.462 e. The molecule has 0 aliphatic carbocycles. The first-order chi connectivity index (χ1) is 16.0. The van der Waals surface area contributed by atoms with Crippen LogP contribution in [-0.4, -0.2) is 28.4 Å².